The van der Waals surface area contributed by atoms with Crippen LogP contribution >= 0.6 is 0 Å². The highest BCUT2D eigenvalue weighted by Crippen LogP contribution is 2.38. The zero-order valence-corrected chi connectivity index (χ0v) is 23.8. The van der Waals surface area contributed by atoms with Crippen LogP contribution in [0, 0.1) is 11.7 Å². The highest BCUT2D eigenvalue weighted by atomic mass is 19.1. The van der Waals surface area contributed by atoms with Gasteiger partial charge in [-0.25, -0.2) is 4.39 Å². The van der Waals surface area contributed by atoms with Gasteiger partial charge in [0.15, 0.2) is 0 Å². The molecule has 0 bridgehead atoms. The largest absolute Gasteiger partial charge is 0.493 e. The minimum Gasteiger partial charge on any atom is -0.493 e. The van der Waals surface area contributed by atoms with Gasteiger partial charge in [0, 0.05) is 17.8 Å². The second-order valence-electron chi connectivity index (χ2n) is 11.4. The van der Waals surface area contributed by atoms with E-state index in [1.165, 1.54) is 121 Å². The van der Waals surface area contributed by atoms with Crippen molar-refractivity contribution in [2.75, 3.05) is 6.61 Å². The molecule has 0 amide bonds. The first kappa shape index (κ1) is 29.7. The first-order chi connectivity index (χ1) is 18.2. The Morgan fingerprint density at radius 3 is 2.03 bits per heavy atom. The van der Waals surface area contributed by atoms with E-state index < -0.39 is 0 Å². The minimum atomic E-state index is -0.258. The van der Waals surface area contributed by atoms with E-state index in [0.29, 0.717) is 29.5 Å². The molecule has 1 aliphatic carbocycles. The molecule has 2 nitrogen and oxygen atoms in total. The molecule has 0 unspecified atom stereocenters. The van der Waals surface area contributed by atoms with Gasteiger partial charge in [-0.05, 0) is 67.7 Å². The second-order valence-corrected chi connectivity index (χ2v) is 11.4. The lowest BCUT2D eigenvalue weighted by molar-refractivity contribution is 0.301. The van der Waals surface area contributed by atoms with E-state index in [2.05, 4.69) is 24.9 Å². The summed E-state index contributed by atoms with van der Waals surface area (Å²) in [7, 11) is 0. The van der Waals surface area contributed by atoms with Crippen molar-refractivity contribution < 1.29 is 9.13 Å². The van der Waals surface area contributed by atoms with Crippen LogP contribution in [-0.4, -0.2) is 11.6 Å². The Kier molecular flexibility index (Phi) is 14.1. The number of pyridine rings is 1. The molecule has 2 aromatic rings. The predicted octanol–water partition coefficient (Wildman–Crippen LogP) is 11.0. The molecule has 0 aliphatic heterocycles. The molecule has 0 radical (unpaired) electrons. The Morgan fingerprint density at radius 1 is 0.757 bits per heavy atom. The summed E-state index contributed by atoms with van der Waals surface area (Å²) in [6.45, 7) is 5.17. The van der Waals surface area contributed by atoms with E-state index in [1.807, 2.05) is 24.4 Å². The van der Waals surface area contributed by atoms with Gasteiger partial charge in [0.25, 0.3) is 0 Å². The lowest BCUT2D eigenvalue weighted by Gasteiger charge is -2.28. The molecule has 1 aliphatic rings. The third kappa shape index (κ3) is 10.8. The number of aromatic nitrogens is 1. The fraction of sp³-hybridized carbons (Fsp3) is 0.676. The molecule has 1 aromatic heterocycles. The summed E-state index contributed by atoms with van der Waals surface area (Å²) in [6.07, 6.45) is 25.8. The summed E-state index contributed by atoms with van der Waals surface area (Å²) >= 11 is 0. The van der Waals surface area contributed by atoms with Crippen molar-refractivity contribution in [3.05, 3.63) is 47.9 Å². The van der Waals surface area contributed by atoms with Gasteiger partial charge in [-0.3, -0.25) is 4.98 Å². The van der Waals surface area contributed by atoms with Gasteiger partial charge in [0.1, 0.15) is 11.6 Å². The van der Waals surface area contributed by atoms with Crippen LogP contribution in [0.3, 0.4) is 0 Å². The molecule has 1 saturated carbocycles. The molecular weight excluding hydrogens is 457 g/mol. The zero-order chi connectivity index (χ0) is 26.1. The molecule has 1 fully saturated rings. The van der Waals surface area contributed by atoms with Crippen molar-refractivity contribution >= 4 is 0 Å². The number of hydrogen-bond donors (Lipinski definition) is 0. The molecule has 0 spiro atoms. The average molecular weight is 510 g/mol. The van der Waals surface area contributed by atoms with Gasteiger partial charge in [-0.15, -0.1) is 0 Å². The monoisotopic (exact) mass is 509 g/mol. The number of unbranched alkanes of at least 4 members (excludes halogenated alkanes) is 11. The topological polar surface area (TPSA) is 22.1 Å². The quantitative estimate of drug-likeness (QED) is 0.186. The van der Waals surface area contributed by atoms with Crippen molar-refractivity contribution in [3.63, 3.8) is 0 Å². The number of ether oxygens (including phenoxy) is 1. The van der Waals surface area contributed by atoms with E-state index in [0.717, 1.165) is 12.3 Å². The minimum absolute atomic E-state index is 0.258. The molecule has 3 heteroatoms. The van der Waals surface area contributed by atoms with Crippen LogP contribution in [0.4, 0.5) is 4.39 Å². The zero-order valence-electron chi connectivity index (χ0n) is 23.8. The van der Waals surface area contributed by atoms with Crippen LogP contribution in [0.1, 0.15) is 141 Å². The molecule has 0 saturated heterocycles. The lowest BCUT2D eigenvalue weighted by Crippen LogP contribution is -2.13. The van der Waals surface area contributed by atoms with Gasteiger partial charge in [-0.1, -0.05) is 103 Å². The smallest absolute Gasteiger partial charge is 0.136 e. The van der Waals surface area contributed by atoms with E-state index in [1.54, 1.807) is 0 Å². The summed E-state index contributed by atoms with van der Waals surface area (Å²) < 4.78 is 20.6. The number of nitrogens with zero attached hydrogens (tertiary/aromatic N) is 1. The fourth-order valence-electron chi connectivity index (χ4n) is 5.85. The maximum atomic E-state index is 14.8. The van der Waals surface area contributed by atoms with Gasteiger partial charge in [0.05, 0.1) is 12.3 Å². The standard InChI is InChI=1S/C34H52FNO/c1-3-5-7-9-11-12-14-16-28-17-19-29(20-18-28)30-21-24-34(36-27-30)32-23-22-31(26-33(32)35)37-25-15-13-10-8-6-4-2/h21-24,26-29H,3-20,25H2,1-2H3. The molecule has 0 atom stereocenters. The Morgan fingerprint density at radius 2 is 1.41 bits per heavy atom. The van der Waals surface area contributed by atoms with Crippen molar-refractivity contribution in [2.45, 2.75) is 135 Å². The number of rotatable bonds is 18. The first-order valence-electron chi connectivity index (χ1n) is 15.6. The Labute approximate surface area is 226 Å². The SMILES string of the molecule is CCCCCCCCCC1CCC(c2ccc(-c3ccc(OCCCCCCCC)cc3F)nc2)CC1. The molecule has 0 N–H and O–H groups in total. The molecule has 1 aromatic carbocycles. The summed E-state index contributed by atoms with van der Waals surface area (Å²) in [5, 5.41) is 0. The average Bonchev–Trinajstić information content (AvgIpc) is 2.93. The predicted molar refractivity (Wildman–Crippen MR) is 156 cm³/mol. The van der Waals surface area contributed by atoms with E-state index in [-0.39, 0.29) is 5.82 Å². The van der Waals surface area contributed by atoms with Crippen molar-refractivity contribution in [3.8, 4) is 17.0 Å². The van der Waals surface area contributed by atoms with Crippen LogP contribution in [0.2, 0.25) is 0 Å². The maximum absolute atomic E-state index is 14.8. The number of halogens is 1. The van der Waals surface area contributed by atoms with Crippen LogP contribution in [0.5, 0.6) is 5.75 Å². The molecule has 37 heavy (non-hydrogen) atoms. The summed E-state index contributed by atoms with van der Waals surface area (Å²) in [5.41, 5.74) is 2.57. The van der Waals surface area contributed by atoms with E-state index in [9.17, 15) is 4.39 Å². The first-order valence-corrected chi connectivity index (χ1v) is 15.6. The van der Waals surface area contributed by atoms with Crippen molar-refractivity contribution in [2.24, 2.45) is 5.92 Å². The van der Waals surface area contributed by atoms with Crippen LogP contribution in [0.25, 0.3) is 11.3 Å². The summed E-state index contributed by atoms with van der Waals surface area (Å²) in [4.78, 5) is 4.66. The fourth-order valence-corrected chi connectivity index (χ4v) is 5.85. The number of hydrogen-bond acceptors (Lipinski definition) is 2. The van der Waals surface area contributed by atoms with E-state index in [4.69, 9.17) is 4.74 Å². The maximum Gasteiger partial charge on any atom is 0.136 e. The Bertz CT molecular complexity index is 857. The van der Waals surface area contributed by atoms with E-state index >= 15 is 0 Å². The molecule has 1 heterocycles. The van der Waals surface area contributed by atoms with Gasteiger partial charge in [0.2, 0.25) is 0 Å². The van der Waals surface area contributed by atoms with Gasteiger partial charge >= 0.3 is 0 Å². The molecular formula is C34H52FNO. The lowest BCUT2D eigenvalue weighted by atomic mass is 9.77. The van der Waals surface area contributed by atoms with Crippen molar-refractivity contribution in [1.29, 1.82) is 0 Å². The van der Waals surface area contributed by atoms with Crippen LogP contribution < -0.4 is 4.74 Å². The summed E-state index contributed by atoms with van der Waals surface area (Å²) in [5.74, 6) is 1.87. The van der Waals surface area contributed by atoms with Crippen LogP contribution in [-0.2, 0) is 0 Å². The Hall–Kier alpha value is -1.90. The summed E-state index contributed by atoms with van der Waals surface area (Å²) in [6, 6.07) is 9.36. The normalized spacial score (nSPS) is 17.7. The van der Waals surface area contributed by atoms with Gasteiger partial charge in [-0.2, -0.15) is 0 Å². The van der Waals surface area contributed by atoms with Crippen molar-refractivity contribution in [1.82, 2.24) is 4.98 Å². The molecule has 3 rings (SSSR count). The Balaban J connectivity index is 1.38. The second kappa shape index (κ2) is 17.6. The van der Waals surface area contributed by atoms with Crippen LogP contribution in [0.15, 0.2) is 36.5 Å². The highest BCUT2D eigenvalue weighted by molar-refractivity contribution is 5.61. The van der Waals surface area contributed by atoms with Gasteiger partial charge < -0.3 is 4.74 Å². The number of benzene rings is 1. The molecule has 206 valence electrons. The highest BCUT2D eigenvalue weighted by Gasteiger charge is 2.22. The third-order valence-corrected chi connectivity index (χ3v) is 8.30. The third-order valence-electron chi connectivity index (χ3n) is 8.30.